The number of hydrogen-bond acceptors (Lipinski definition) is 3. The minimum Gasteiger partial charge on any atom is -0.376 e. The maximum Gasteiger partial charge on any atom is 0.220 e. The molecule has 0 aromatic heterocycles. The molecule has 23 heavy (non-hydrogen) atoms. The van der Waals surface area contributed by atoms with Crippen molar-refractivity contribution in [3.8, 4) is 0 Å². The molecule has 1 N–H and O–H groups in total. The van der Waals surface area contributed by atoms with E-state index in [1.165, 1.54) is 5.56 Å². The number of hydrogen-bond donors (Lipinski definition) is 1. The summed E-state index contributed by atoms with van der Waals surface area (Å²) >= 11 is 0. The molecule has 1 saturated heterocycles. The maximum atomic E-state index is 12.4. The third-order valence-electron chi connectivity index (χ3n) is 4.31. The molecule has 1 aliphatic rings. The summed E-state index contributed by atoms with van der Waals surface area (Å²) in [6.45, 7) is 7.36. The zero-order valence-electron chi connectivity index (χ0n) is 14.4. The largest absolute Gasteiger partial charge is 0.376 e. The van der Waals surface area contributed by atoms with Gasteiger partial charge < -0.3 is 10.1 Å². The lowest BCUT2D eigenvalue weighted by Crippen LogP contribution is -2.31. The van der Waals surface area contributed by atoms with Gasteiger partial charge in [0.25, 0.3) is 0 Å². The average Bonchev–Trinajstić information content (AvgIpc) is 2.97. The average molecular weight is 317 g/mol. The number of rotatable bonds is 7. The molecule has 1 unspecified atom stereocenters. The lowest BCUT2D eigenvalue weighted by molar-refractivity contribution is -0.121. The molecule has 0 spiro atoms. The summed E-state index contributed by atoms with van der Waals surface area (Å²) < 4.78 is 5.47. The fraction of sp³-hybridized carbons (Fsp3) is 0.579. The highest BCUT2D eigenvalue weighted by atomic mass is 16.5. The molecule has 4 nitrogen and oxygen atoms in total. The van der Waals surface area contributed by atoms with Crippen LogP contribution in [0.3, 0.4) is 0 Å². The highest BCUT2D eigenvalue weighted by Gasteiger charge is 2.17. The van der Waals surface area contributed by atoms with Gasteiger partial charge in [-0.2, -0.15) is 0 Å². The van der Waals surface area contributed by atoms with Gasteiger partial charge in [0.2, 0.25) is 5.91 Å². The normalized spacial score (nSPS) is 17.3. The van der Waals surface area contributed by atoms with Crippen LogP contribution >= 0.6 is 0 Å². The second-order valence-corrected chi connectivity index (χ2v) is 6.49. The topological polar surface area (TPSA) is 55.4 Å². The van der Waals surface area contributed by atoms with Crippen LogP contribution in [0.1, 0.15) is 59.2 Å². The molecule has 1 aromatic rings. The summed E-state index contributed by atoms with van der Waals surface area (Å²) in [5.41, 5.74) is 4.03. The van der Waals surface area contributed by atoms with Gasteiger partial charge in [-0.05, 0) is 51.2 Å². The Labute approximate surface area is 138 Å². The van der Waals surface area contributed by atoms with Crippen molar-refractivity contribution in [2.24, 2.45) is 0 Å². The fourth-order valence-corrected chi connectivity index (χ4v) is 3.28. The fourth-order valence-electron chi connectivity index (χ4n) is 3.28. The van der Waals surface area contributed by atoms with Crippen LogP contribution in [0.2, 0.25) is 0 Å². The van der Waals surface area contributed by atoms with Gasteiger partial charge in [-0.25, -0.2) is 0 Å². The third-order valence-corrected chi connectivity index (χ3v) is 4.31. The van der Waals surface area contributed by atoms with Crippen LogP contribution in [-0.4, -0.2) is 30.9 Å². The lowest BCUT2D eigenvalue weighted by atomic mass is 9.94. The van der Waals surface area contributed by atoms with E-state index >= 15 is 0 Å². The Hall–Kier alpha value is -1.68. The predicted octanol–water partition coefficient (Wildman–Crippen LogP) is 3.26. The molecule has 2 rings (SSSR count). The molecule has 0 saturated carbocycles. The Kier molecular flexibility index (Phi) is 6.34. The van der Waals surface area contributed by atoms with E-state index in [9.17, 15) is 9.59 Å². The number of benzene rings is 1. The number of carbonyl (C=O) groups is 2. The number of ether oxygens (including phenoxy) is 1. The van der Waals surface area contributed by atoms with Crippen LogP contribution in [-0.2, 0) is 9.53 Å². The van der Waals surface area contributed by atoms with Crippen LogP contribution in [0, 0.1) is 20.8 Å². The molecule has 0 aliphatic carbocycles. The number of amides is 1. The van der Waals surface area contributed by atoms with Crippen LogP contribution in [0.5, 0.6) is 0 Å². The zero-order chi connectivity index (χ0) is 16.8. The first kappa shape index (κ1) is 17.7. The Morgan fingerprint density at radius 2 is 1.87 bits per heavy atom. The van der Waals surface area contributed by atoms with Crippen molar-refractivity contribution >= 4 is 11.7 Å². The first-order chi connectivity index (χ1) is 11.0. The molecule has 1 aromatic carbocycles. The number of carbonyl (C=O) groups excluding carboxylic acids is 2. The quantitative estimate of drug-likeness (QED) is 0.785. The molecule has 4 heteroatoms. The van der Waals surface area contributed by atoms with Crippen LogP contribution in [0.4, 0.5) is 0 Å². The first-order valence-corrected chi connectivity index (χ1v) is 8.46. The van der Waals surface area contributed by atoms with Crippen molar-refractivity contribution in [2.75, 3.05) is 13.2 Å². The molecule has 1 amide bonds. The standard InChI is InChI=1S/C19H27NO3/c1-13-10-14(2)19(15(3)11-13)17(21)7-4-8-18(22)20-12-16-6-5-9-23-16/h10-11,16H,4-9,12H2,1-3H3,(H,20,22). The van der Waals surface area contributed by atoms with E-state index < -0.39 is 0 Å². The van der Waals surface area contributed by atoms with Gasteiger partial charge in [0.15, 0.2) is 5.78 Å². The van der Waals surface area contributed by atoms with Crippen molar-refractivity contribution in [1.29, 1.82) is 0 Å². The van der Waals surface area contributed by atoms with Gasteiger partial charge in [0, 0.05) is 31.6 Å². The lowest BCUT2D eigenvalue weighted by Gasteiger charge is -2.11. The van der Waals surface area contributed by atoms with Crippen LogP contribution in [0.25, 0.3) is 0 Å². The SMILES string of the molecule is Cc1cc(C)c(C(=O)CCCC(=O)NCC2CCCO2)c(C)c1. The minimum atomic E-state index is 0.00523. The van der Waals surface area contributed by atoms with Gasteiger partial charge in [0.1, 0.15) is 0 Å². The van der Waals surface area contributed by atoms with Crippen molar-refractivity contribution in [1.82, 2.24) is 5.32 Å². The number of nitrogens with one attached hydrogen (secondary N) is 1. The third kappa shape index (κ3) is 5.17. The second-order valence-electron chi connectivity index (χ2n) is 6.49. The zero-order valence-corrected chi connectivity index (χ0v) is 14.4. The summed E-state index contributed by atoms with van der Waals surface area (Å²) in [6.07, 6.45) is 3.65. The van der Waals surface area contributed by atoms with Gasteiger partial charge in [-0.15, -0.1) is 0 Å². The summed E-state index contributed by atoms with van der Waals surface area (Å²) in [6, 6.07) is 4.07. The second kappa shape index (κ2) is 8.25. The van der Waals surface area contributed by atoms with Crippen molar-refractivity contribution in [3.05, 3.63) is 34.4 Å². The van der Waals surface area contributed by atoms with E-state index in [4.69, 9.17) is 4.74 Å². The van der Waals surface area contributed by atoms with Crippen molar-refractivity contribution < 1.29 is 14.3 Å². The van der Waals surface area contributed by atoms with E-state index in [1.807, 2.05) is 32.9 Å². The Balaban J connectivity index is 1.75. The molecule has 126 valence electrons. The number of ketones is 1. The van der Waals surface area contributed by atoms with Crippen LogP contribution in [0.15, 0.2) is 12.1 Å². The van der Waals surface area contributed by atoms with Gasteiger partial charge >= 0.3 is 0 Å². The molecule has 1 aliphatic heterocycles. The summed E-state index contributed by atoms with van der Waals surface area (Å²) in [7, 11) is 0. The Morgan fingerprint density at radius 1 is 1.17 bits per heavy atom. The molecule has 1 atom stereocenters. The van der Waals surface area contributed by atoms with E-state index in [-0.39, 0.29) is 17.8 Å². The summed E-state index contributed by atoms with van der Waals surface area (Å²) in [4.78, 5) is 24.2. The molecular formula is C19H27NO3. The van der Waals surface area contributed by atoms with Crippen molar-refractivity contribution in [3.63, 3.8) is 0 Å². The van der Waals surface area contributed by atoms with Gasteiger partial charge in [-0.3, -0.25) is 9.59 Å². The van der Waals surface area contributed by atoms with E-state index in [1.54, 1.807) is 0 Å². The van der Waals surface area contributed by atoms with E-state index in [0.29, 0.717) is 25.8 Å². The number of aryl methyl sites for hydroxylation is 3. The predicted molar refractivity (Wildman–Crippen MR) is 90.8 cm³/mol. The number of Topliss-reactive ketones (excluding diaryl/α,β-unsaturated/α-hetero) is 1. The molecule has 1 fully saturated rings. The molecule has 0 radical (unpaired) electrons. The maximum absolute atomic E-state index is 12.4. The van der Waals surface area contributed by atoms with E-state index in [0.717, 1.165) is 36.1 Å². The summed E-state index contributed by atoms with van der Waals surface area (Å²) in [5.74, 6) is 0.137. The van der Waals surface area contributed by atoms with Gasteiger partial charge in [0.05, 0.1) is 6.10 Å². The van der Waals surface area contributed by atoms with Crippen molar-refractivity contribution in [2.45, 2.75) is 59.0 Å². The molecule has 0 bridgehead atoms. The summed E-state index contributed by atoms with van der Waals surface area (Å²) in [5, 5.41) is 2.89. The molecular weight excluding hydrogens is 290 g/mol. The highest BCUT2D eigenvalue weighted by Crippen LogP contribution is 2.19. The Bertz CT molecular complexity index is 551. The van der Waals surface area contributed by atoms with Crippen LogP contribution < -0.4 is 5.32 Å². The van der Waals surface area contributed by atoms with Gasteiger partial charge in [-0.1, -0.05) is 17.7 Å². The van der Waals surface area contributed by atoms with E-state index in [2.05, 4.69) is 5.32 Å². The minimum absolute atomic E-state index is 0.00523. The Morgan fingerprint density at radius 3 is 2.48 bits per heavy atom. The first-order valence-electron chi connectivity index (χ1n) is 8.46. The molecule has 1 heterocycles. The smallest absolute Gasteiger partial charge is 0.220 e. The monoisotopic (exact) mass is 317 g/mol. The highest BCUT2D eigenvalue weighted by molar-refractivity contribution is 5.99.